The third-order valence-electron chi connectivity index (χ3n) is 3.66. The molecule has 8 nitrogen and oxygen atoms in total. The lowest BCUT2D eigenvalue weighted by Gasteiger charge is -2.17. The van der Waals surface area contributed by atoms with Gasteiger partial charge in [-0.05, 0) is 19.5 Å². The highest BCUT2D eigenvalue weighted by atomic mass is 16.3. The molecule has 23 heavy (non-hydrogen) atoms. The highest BCUT2D eigenvalue weighted by Crippen LogP contribution is 2.08. The summed E-state index contributed by atoms with van der Waals surface area (Å²) in [6, 6.07) is 0. The number of aromatic amines is 1. The molecule has 0 fully saturated rings. The van der Waals surface area contributed by atoms with Crippen molar-refractivity contribution in [3.63, 3.8) is 0 Å². The molecule has 0 amide bonds. The van der Waals surface area contributed by atoms with Gasteiger partial charge >= 0.3 is 5.69 Å². The number of H-pyrrole nitrogens is 1. The molecule has 0 aliphatic rings. The first-order valence-electron chi connectivity index (χ1n) is 8.09. The SMILES string of the molecule is CCCCn1c(O)c(C=NNCCN(CC)CC)c(=O)[nH]c1=O. The quantitative estimate of drug-likeness (QED) is 0.326. The third-order valence-corrected chi connectivity index (χ3v) is 3.66. The summed E-state index contributed by atoms with van der Waals surface area (Å²) in [5, 5.41) is 14.1. The van der Waals surface area contributed by atoms with Crippen LogP contribution >= 0.6 is 0 Å². The predicted octanol–water partition coefficient (Wildman–Crippen LogP) is 0.308. The van der Waals surface area contributed by atoms with E-state index in [4.69, 9.17) is 0 Å². The second-order valence-electron chi connectivity index (χ2n) is 5.19. The highest BCUT2D eigenvalue weighted by molar-refractivity contribution is 5.81. The number of rotatable bonds is 10. The zero-order valence-electron chi connectivity index (χ0n) is 14.1. The van der Waals surface area contributed by atoms with E-state index in [1.807, 2.05) is 6.92 Å². The van der Waals surface area contributed by atoms with E-state index in [1.165, 1.54) is 6.21 Å². The largest absolute Gasteiger partial charge is 0.494 e. The number of hydrazone groups is 1. The van der Waals surface area contributed by atoms with E-state index in [0.717, 1.165) is 37.0 Å². The first-order valence-corrected chi connectivity index (χ1v) is 8.09. The smallest absolute Gasteiger partial charge is 0.331 e. The maximum absolute atomic E-state index is 11.8. The molecule has 3 N–H and O–H groups in total. The van der Waals surface area contributed by atoms with E-state index >= 15 is 0 Å². The summed E-state index contributed by atoms with van der Waals surface area (Å²) in [6.07, 6.45) is 2.86. The Balaban J connectivity index is 2.78. The average Bonchev–Trinajstić information content (AvgIpc) is 2.53. The molecule has 0 unspecified atom stereocenters. The monoisotopic (exact) mass is 325 g/mol. The summed E-state index contributed by atoms with van der Waals surface area (Å²) in [4.78, 5) is 27.9. The average molecular weight is 325 g/mol. The summed E-state index contributed by atoms with van der Waals surface area (Å²) in [5.74, 6) is -0.346. The number of aromatic hydroxyl groups is 1. The molecule has 0 aromatic carbocycles. The summed E-state index contributed by atoms with van der Waals surface area (Å²) in [7, 11) is 0. The van der Waals surface area contributed by atoms with Crippen molar-refractivity contribution in [1.82, 2.24) is 19.9 Å². The summed E-state index contributed by atoms with van der Waals surface area (Å²) < 4.78 is 1.15. The number of nitrogens with one attached hydrogen (secondary N) is 2. The van der Waals surface area contributed by atoms with Gasteiger partial charge < -0.3 is 15.4 Å². The molecular formula is C15H27N5O3. The Kier molecular flexibility index (Phi) is 8.10. The van der Waals surface area contributed by atoms with Gasteiger partial charge in [-0.1, -0.05) is 27.2 Å². The standard InChI is InChI=1S/C15H27N5O3/c1-4-7-9-20-14(22)12(13(21)18-15(20)23)11-17-16-8-10-19(5-2)6-3/h11,16,22H,4-10H2,1-3H3,(H,18,21,23). The molecular weight excluding hydrogens is 298 g/mol. The second kappa shape index (κ2) is 9.83. The second-order valence-corrected chi connectivity index (χ2v) is 5.19. The molecule has 0 radical (unpaired) electrons. The van der Waals surface area contributed by atoms with Gasteiger partial charge in [0.15, 0.2) is 0 Å². The molecule has 1 aromatic heterocycles. The van der Waals surface area contributed by atoms with Crippen LogP contribution in [0, 0.1) is 0 Å². The summed E-state index contributed by atoms with van der Waals surface area (Å²) >= 11 is 0. The van der Waals surface area contributed by atoms with Crippen LogP contribution in [-0.4, -0.2) is 52.0 Å². The first-order chi connectivity index (χ1) is 11.0. The van der Waals surface area contributed by atoms with Crippen LogP contribution in [0.4, 0.5) is 0 Å². The molecule has 1 aromatic rings. The minimum atomic E-state index is -0.644. The van der Waals surface area contributed by atoms with Crippen LogP contribution in [0.25, 0.3) is 0 Å². The van der Waals surface area contributed by atoms with Gasteiger partial charge in [0.05, 0.1) is 6.21 Å². The fourth-order valence-corrected chi connectivity index (χ4v) is 2.14. The van der Waals surface area contributed by atoms with Crippen LogP contribution in [0.2, 0.25) is 0 Å². The topological polar surface area (TPSA) is 103 Å². The van der Waals surface area contributed by atoms with Gasteiger partial charge in [-0.2, -0.15) is 5.10 Å². The van der Waals surface area contributed by atoms with Gasteiger partial charge in [-0.25, -0.2) is 4.79 Å². The molecule has 0 aliphatic heterocycles. The van der Waals surface area contributed by atoms with Crippen LogP contribution < -0.4 is 16.7 Å². The lowest BCUT2D eigenvalue weighted by atomic mass is 10.3. The molecule has 1 rings (SSSR count). The summed E-state index contributed by atoms with van der Waals surface area (Å²) in [5.41, 5.74) is 1.58. The van der Waals surface area contributed by atoms with E-state index < -0.39 is 11.2 Å². The Morgan fingerprint density at radius 1 is 1.30 bits per heavy atom. The van der Waals surface area contributed by atoms with Crippen molar-refractivity contribution in [2.45, 2.75) is 40.2 Å². The van der Waals surface area contributed by atoms with Gasteiger partial charge in [0.2, 0.25) is 5.88 Å². The molecule has 0 saturated carbocycles. The van der Waals surface area contributed by atoms with Crippen molar-refractivity contribution in [1.29, 1.82) is 0 Å². The first kappa shape index (κ1) is 19.0. The van der Waals surface area contributed by atoms with Crippen molar-refractivity contribution in [2.24, 2.45) is 5.10 Å². The van der Waals surface area contributed by atoms with Gasteiger partial charge in [0, 0.05) is 19.6 Å². The van der Waals surface area contributed by atoms with Gasteiger partial charge in [-0.15, -0.1) is 0 Å². The van der Waals surface area contributed by atoms with E-state index in [1.54, 1.807) is 0 Å². The number of unbranched alkanes of at least 4 members (excludes halogenated alkanes) is 1. The van der Waals surface area contributed by atoms with Crippen molar-refractivity contribution < 1.29 is 5.11 Å². The Hall–Kier alpha value is -2.09. The van der Waals surface area contributed by atoms with Gasteiger partial charge in [-0.3, -0.25) is 14.3 Å². The number of aromatic nitrogens is 2. The fraction of sp³-hybridized carbons (Fsp3) is 0.667. The molecule has 130 valence electrons. The van der Waals surface area contributed by atoms with E-state index in [2.05, 4.69) is 34.3 Å². The number of hydrogen-bond acceptors (Lipinski definition) is 6. The van der Waals surface area contributed by atoms with E-state index in [9.17, 15) is 14.7 Å². The summed E-state index contributed by atoms with van der Waals surface area (Å²) in [6.45, 7) is 9.91. The van der Waals surface area contributed by atoms with Crippen LogP contribution in [0.1, 0.15) is 39.2 Å². The Morgan fingerprint density at radius 2 is 2.00 bits per heavy atom. The lowest BCUT2D eigenvalue weighted by molar-refractivity contribution is 0.303. The highest BCUT2D eigenvalue weighted by Gasteiger charge is 2.12. The maximum atomic E-state index is 11.8. The van der Waals surface area contributed by atoms with E-state index in [-0.39, 0.29) is 11.4 Å². The lowest BCUT2D eigenvalue weighted by Crippen LogP contribution is -2.33. The van der Waals surface area contributed by atoms with Crippen LogP contribution in [-0.2, 0) is 6.54 Å². The zero-order valence-corrected chi connectivity index (χ0v) is 14.1. The van der Waals surface area contributed by atoms with Crippen molar-refractivity contribution >= 4 is 6.21 Å². The van der Waals surface area contributed by atoms with Crippen molar-refractivity contribution in [3.8, 4) is 5.88 Å². The van der Waals surface area contributed by atoms with Gasteiger partial charge in [0.1, 0.15) is 5.56 Å². The minimum Gasteiger partial charge on any atom is -0.494 e. The fourth-order valence-electron chi connectivity index (χ4n) is 2.14. The molecule has 0 atom stereocenters. The van der Waals surface area contributed by atoms with Crippen molar-refractivity contribution in [3.05, 3.63) is 26.4 Å². The maximum Gasteiger partial charge on any atom is 0.331 e. The number of likely N-dealkylation sites (N-methyl/N-ethyl adjacent to an activating group) is 1. The van der Waals surface area contributed by atoms with Crippen LogP contribution in [0.15, 0.2) is 14.7 Å². The normalized spacial score (nSPS) is 11.5. The van der Waals surface area contributed by atoms with Gasteiger partial charge in [0.25, 0.3) is 5.56 Å². The molecule has 0 aliphatic carbocycles. The van der Waals surface area contributed by atoms with E-state index in [0.29, 0.717) is 13.1 Å². The zero-order chi connectivity index (χ0) is 17.2. The minimum absolute atomic E-state index is 0.0176. The van der Waals surface area contributed by atoms with Crippen LogP contribution in [0.5, 0.6) is 5.88 Å². The number of hydrogen-bond donors (Lipinski definition) is 3. The predicted molar refractivity (Wildman–Crippen MR) is 91.3 cm³/mol. The Morgan fingerprint density at radius 3 is 2.61 bits per heavy atom. The Bertz CT molecular complexity index is 617. The molecule has 1 heterocycles. The third kappa shape index (κ3) is 5.55. The molecule has 0 saturated heterocycles. The Labute approximate surface area is 135 Å². The van der Waals surface area contributed by atoms with Crippen LogP contribution in [0.3, 0.4) is 0 Å². The molecule has 0 bridgehead atoms. The molecule has 8 heteroatoms. The number of nitrogens with zero attached hydrogens (tertiary/aromatic N) is 3. The molecule has 0 spiro atoms. The van der Waals surface area contributed by atoms with Crippen molar-refractivity contribution in [2.75, 3.05) is 26.2 Å².